The first-order chi connectivity index (χ1) is 8.50. The summed E-state index contributed by atoms with van der Waals surface area (Å²) in [5.41, 5.74) is 5.38. The SMILES string of the molecule is NC(=O)C1CCCN1C(=O)c1cc(Cl)nnc1Cl. The highest BCUT2D eigenvalue weighted by atomic mass is 35.5. The van der Waals surface area contributed by atoms with E-state index in [9.17, 15) is 9.59 Å². The molecule has 0 aromatic carbocycles. The molecule has 8 heteroatoms. The van der Waals surface area contributed by atoms with Crippen LogP contribution in [0.25, 0.3) is 0 Å². The van der Waals surface area contributed by atoms with E-state index in [0.29, 0.717) is 13.0 Å². The van der Waals surface area contributed by atoms with Crippen LogP contribution in [0.3, 0.4) is 0 Å². The average molecular weight is 289 g/mol. The zero-order chi connectivity index (χ0) is 13.3. The van der Waals surface area contributed by atoms with E-state index in [-0.39, 0.29) is 15.9 Å². The molecule has 1 aromatic rings. The normalized spacial score (nSPS) is 19.0. The number of hydrogen-bond donors (Lipinski definition) is 1. The van der Waals surface area contributed by atoms with Crippen LogP contribution in [-0.2, 0) is 4.79 Å². The number of likely N-dealkylation sites (tertiary alicyclic amines) is 1. The van der Waals surface area contributed by atoms with Gasteiger partial charge >= 0.3 is 0 Å². The largest absolute Gasteiger partial charge is 0.368 e. The number of hydrogen-bond acceptors (Lipinski definition) is 4. The molecule has 0 aliphatic carbocycles. The van der Waals surface area contributed by atoms with Gasteiger partial charge in [0.05, 0.1) is 5.56 Å². The Balaban J connectivity index is 2.31. The number of nitrogens with two attached hydrogens (primary N) is 1. The van der Waals surface area contributed by atoms with Gasteiger partial charge in [-0.25, -0.2) is 0 Å². The fourth-order valence-corrected chi connectivity index (χ4v) is 2.28. The van der Waals surface area contributed by atoms with Crippen molar-refractivity contribution in [3.63, 3.8) is 0 Å². The summed E-state index contributed by atoms with van der Waals surface area (Å²) in [6.07, 6.45) is 1.29. The molecule has 0 saturated carbocycles. The minimum Gasteiger partial charge on any atom is -0.368 e. The third-order valence-electron chi connectivity index (χ3n) is 2.79. The van der Waals surface area contributed by atoms with Gasteiger partial charge in [0.1, 0.15) is 6.04 Å². The molecule has 1 saturated heterocycles. The van der Waals surface area contributed by atoms with Crippen molar-refractivity contribution in [3.8, 4) is 0 Å². The summed E-state index contributed by atoms with van der Waals surface area (Å²) in [5, 5.41) is 7.11. The smallest absolute Gasteiger partial charge is 0.257 e. The van der Waals surface area contributed by atoms with Crippen LogP contribution < -0.4 is 5.73 Å². The predicted octanol–water partition coefficient (Wildman–Crippen LogP) is 0.873. The highest BCUT2D eigenvalue weighted by molar-refractivity contribution is 6.34. The molecule has 0 spiro atoms. The van der Waals surface area contributed by atoms with E-state index >= 15 is 0 Å². The van der Waals surface area contributed by atoms with Crippen molar-refractivity contribution in [2.75, 3.05) is 6.54 Å². The number of halogens is 2. The highest BCUT2D eigenvalue weighted by Crippen LogP contribution is 2.23. The number of nitrogens with zero attached hydrogens (tertiary/aromatic N) is 3. The molecule has 0 radical (unpaired) electrons. The van der Waals surface area contributed by atoms with Gasteiger partial charge in [-0.1, -0.05) is 23.2 Å². The molecule has 18 heavy (non-hydrogen) atoms. The molecule has 2 heterocycles. The van der Waals surface area contributed by atoms with Gasteiger partial charge in [0.15, 0.2) is 10.3 Å². The molecule has 2 amide bonds. The Morgan fingerprint density at radius 2 is 2.11 bits per heavy atom. The topological polar surface area (TPSA) is 89.2 Å². The van der Waals surface area contributed by atoms with Gasteiger partial charge < -0.3 is 10.6 Å². The third kappa shape index (κ3) is 2.39. The van der Waals surface area contributed by atoms with Crippen LogP contribution in [0.15, 0.2) is 6.07 Å². The van der Waals surface area contributed by atoms with Crippen LogP contribution in [0.5, 0.6) is 0 Å². The first-order valence-corrected chi connectivity index (χ1v) is 6.05. The van der Waals surface area contributed by atoms with Gasteiger partial charge in [-0.05, 0) is 18.9 Å². The summed E-state index contributed by atoms with van der Waals surface area (Å²) >= 11 is 11.5. The van der Waals surface area contributed by atoms with Crippen LogP contribution in [0.4, 0.5) is 0 Å². The van der Waals surface area contributed by atoms with Crippen molar-refractivity contribution in [3.05, 3.63) is 21.9 Å². The summed E-state index contributed by atoms with van der Waals surface area (Å²) in [4.78, 5) is 24.9. The minimum atomic E-state index is -0.597. The number of amides is 2. The van der Waals surface area contributed by atoms with Gasteiger partial charge in [0, 0.05) is 6.54 Å². The Morgan fingerprint density at radius 3 is 2.78 bits per heavy atom. The predicted molar refractivity (Wildman–Crippen MR) is 65.3 cm³/mol. The van der Waals surface area contributed by atoms with Crippen LogP contribution in [0.2, 0.25) is 10.3 Å². The molecular weight excluding hydrogens is 279 g/mol. The summed E-state index contributed by atoms with van der Waals surface area (Å²) in [6, 6.07) is 0.732. The average Bonchev–Trinajstić information content (AvgIpc) is 2.80. The van der Waals surface area contributed by atoms with Crippen molar-refractivity contribution in [1.82, 2.24) is 15.1 Å². The lowest BCUT2D eigenvalue weighted by atomic mass is 10.2. The van der Waals surface area contributed by atoms with Crippen LogP contribution in [-0.4, -0.2) is 39.5 Å². The van der Waals surface area contributed by atoms with Gasteiger partial charge in [-0.15, -0.1) is 10.2 Å². The van der Waals surface area contributed by atoms with Gasteiger partial charge in [0.25, 0.3) is 5.91 Å². The molecule has 1 aromatic heterocycles. The summed E-state index contributed by atoms with van der Waals surface area (Å²) < 4.78 is 0. The van der Waals surface area contributed by atoms with Crippen molar-refractivity contribution in [2.24, 2.45) is 5.73 Å². The minimum absolute atomic E-state index is 0.0421. The quantitative estimate of drug-likeness (QED) is 0.875. The summed E-state index contributed by atoms with van der Waals surface area (Å²) in [6.45, 7) is 0.461. The Hall–Kier alpha value is -1.40. The van der Waals surface area contributed by atoms with Gasteiger partial charge in [-0.3, -0.25) is 9.59 Å². The van der Waals surface area contributed by atoms with Crippen LogP contribution in [0.1, 0.15) is 23.2 Å². The van der Waals surface area contributed by atoms with Crippen molar-refractivity contribution >= 4 is 35.0 Å². The Bertz CT molecular complexity index is 509. The van der Waals surface area contributed by atoms with Crippen molar-refractivity contribution in [1.29, 1.82) is 0 Å². The second-order valence-corrected chi connectivity index (χ2v) is 4.68. The zero-order valence-electron chi connectivity index (χ0n) is 9.27. The molecule has 2 rings (SSSR count). The van der Waals surface area contributed by atoms with Gasteiger partial charge in [0.2, 0.25) is 5.91 Å². The third-order valence-corrected chi connectivity index (χ3v) is 3.26. The second-order valence-electron chi connectivity index (χ2n) is 3.93. The number of carbonyl (C=O) groups is 2. The lowest BCUT2D eigenvalue weighted by Crippen LogP contribution is -2.43. The molecular formula is C10H10Cl2N4O2. The molecule has 96 valence electrons. The first-order valence-electron chi connectivity index (χ1n) is 5.29. The second kappa shape index (κ2) is 5.07. The molecule has 0 bridgehead atoms. The Labute approximate surface area is 113 Å². The fourth-order valence-electron chi connectivity index (χ4n) is 1.96. The molecule has 1 aliphatic rings. The molecule has 1 fully saturated rings. The maximum absolute atomic E-state index is 12.2. The number of carbonyl (C=O) groups excluding carboxylic acids is 2. The molecule has 1 unspecified atom stereocenters. The monoisotopic (exact) mass is 288 g/mol. The van der Waals surface area contributed by atoms with E-state index in [1.165, 1.54) is 11.0 Å². The van der Waals surface area contributed by atoms with Crippen molar-refractivity contribution < 1.29 is 9.59 Å². The fraction of sp³-hybridized carbons (Fsp3) is 0.400. The van der Waals surface area contributed by atoms with E-state index in [1.54, 1.807) is 0 Å². The molecule has 6 nitrogen and oxygen atoms in total. The summed E-state index contributed by atoms with van der Waals surface area (Å²) in [5.74, 6) is -0.928. The first kappa shape index (κ1) is 13.0. The number of primary amides is 1. The summed E-state index contributed by atoms with van der Waals surface area (Å²) in [7, 11) is 0. The van der Waals surface area contributed by atoms with E-state index in [0.717, 1.165) is 6.42 Å². The molecule has 1 aliphatic heterocycles. The Kier molecular flexibility index (Phi) is 3.68. The van der Waals surface area contributed by atoms with E-state index in [2.05, 4.69) is 10.2 Å². The number of aromatic nitrogens is 2. The van der Waals surface area contributed by atoms with E-state index in [1.807, 2.05) is 0 Å². The standard InChI is InChI=1S/C10H10Cl2N4O2/c11-7-4-5(8(12)15-14-7)10(18)16-3-1-2-6(16)9(13)17/h4,6H,1-3H2,(H2,13,17). The lowest BCUT2D eigenvalue weighted by Gasteiger charge is -2.22. The zero-order valence-corrected chi connectivity index (χ0v) is 10.8. The van der Waals surface area contributed by atoms with Crippen molar-refractivity contribution in [2.45, 2.75) is 18.9 Å². The maximum atomic E-state index is 12.2. The van der Waals surface area contributed by atoms with E-state index in [4.69, 9.17) is 28.9 Å². The molecule has 2 N–H and O–H groups in total. The van der Waals surface area contributed by atoms with E-state index < -0.39 is 17.9 Å². The number of rotatable bonds is 2. The van der Waals surface area contributed by atoms with Gasteiger partial charge in [-0.2, -0.15) is 0 Å². The Morgan fingerprint density at radius 1 is 1.39 bits per heavy atom. The maximum Gasteiger partial charge on any atom is 0.257 e. The van der Waals surface area contributed by atoms with Crippen LogP contribution in [0, 0.1) is 0 Å². The lowest BCUT2D eigenvalue weighted by molar-refractivity contribution is -0.121. The highest BCUT2D eigenvalue weighted by Gasteiger charge is 2.34. The molecule has 1 atom stereocenters. The van der Waals surface area contributed by atoms with Crippen LogP contribution >= 0.6 is 23.2 Å².